The third-order valence-corrected chi connectivity index (χ3v) is 9.15. The van der Waals surface area contributed by atoms with Gasteiger partial charge >= 0.3 is 13.8 Å². The first-order valence-corrected chi connectivity index (χ1v) is 21.9. The normalized spacial score (nSPS) is 14.1. The Kier molecular flexibility index (Phi) is 37.3. The summed E-state index contributed by atoms with van der Waals surface area (Å²) in [5, 5.41) is 0. The highest BCUT2D eigenvalue weighted by molar-refractivity contribution is 7.47. The molecular formula is C43H74NO8P. The van der Waals surface area contributed by atoms with Crippen LogP contribution in [0.4, 0.5) is 0 Å². The molecule has 0 saturated heterocycles. The zero-order valence-corrected chi connectivity index (χ0v) is 34.1. The molecule has 3 N–H and O–H groups in total. The molecule has 1 unspecified atom stereocenters. The molecule has 0 radical (unpaired) electrons. The van der Waals surface area contributed by atoms with Crippen LogP contribution in [0.15, 0.2) is 73.1 Å². The maximum atomic E-state index is 12.4. The van der Waals surface area contributed by atoms with Gasteiger partial charge in [-0.2, -0.15) is 0 Å². The van der Waals surface area contributed by atoms with Crippen LogP contribution in [-0.2, 0) is 32.7 Å². The van der Waals surface area contributed by atoms with E-state index < -0.39 is 13.9 Å². The maximum absolute atomic E-state index is 12.4. The number of hydrogen-bond acceptors (Lipinski definition) is 8. The summed E-state index contributed by atoms with van der Waals surface area (Å²) in [6.45, 7) is 3.93. The Morgan fingerprint density at radius 1 is 0.642 bits per heavy atom. The Balaban J connectivity index is 4.29. The van der Waals surface area contributed by atoms with Gasteiger partial charge in [0.1, 0.15) is 6.61 Å². The van der Waals surface area contributed by atoms with Crippen molar-refractivity contribution in [2.45, 2.75) is 161 Å². The SMILES string of the molecule is CCCCCCCC/C=C\CCCCCC/C=C/O[C@H](COC(=O)CCC/C=C\C/C=C\C/C=C\C=C\C(=O)CCCCC)COP(=O)(O)OCCN. The number of allylic oxidation sites excluding steroid dienone is 11. The molecule has 0 saturated carbocycles. The first-order chi connectivity index (χ1) is 25.8. The molecule has 304 valence electrons. The smallest absolute Gasteiger partial charge is 0.472 e. The second kappa shape index (κ2) is 39.2. The highest BCUT2D eigenvalue weighted by Gasteiger charge is 2.24. The van der Waals surface area contributed by atoms with E-state index in [0.29, 0.717) is 12.8 Å². The third-order valence-electron chi connectivity index (χ3n) is 8.16. The molecule has 0 aromatic heterocycles. The molecule has 0 aliphatic carbocycles. The number of rotatable bonds is 38. The van der Waals surface area contributed by atoms with Gasteiger partial charge < -0.3 is 20.1 Å². The van der Waals surface area contributed by atoms with Crippen molar-refractivity contribution >= 4 is 19.6 Å². The minimum atomic E-state index is -4.30. The number of unbranched alkanes of at least 4 members (excludes halogenated alkanes) is 14. The number of phosphoric ester groups is 1. The van der Waals surface area contributed by atoms with Gasteiger partial charge in [0, 0.05) is 19.4 Å². The summed E-state index contributed by atoms with van der Waals surface area (Å²) < 4.78 is 33.0. The van der Waals surface area contributed by atoms with Gasteiger partial charge in [-0.1, -0.05) is 126 Å². The maximum Gasteiger partial charge on any atom is 0.472 e. The van der Waals surface area contributed by atoms with Gasteiger partial charge in [-0.25, -0.2) is 4.57 Å². The van der Waals surface area contributed by atoms with E-state index in [9.17, 15) is 19.0 Å². The van der Waals surface area contributed by atoms with Crippen LogP contribution in [0.5, 0.6) is 0 Å². The van der Waals surface area contributed by atoms with Crippen LogP contribution >= 0.6 is 7.82 Å². The molecule has 0 aliphatic rings. The summed E-state index contributed by atoms with van der Waals surface area (Å²) in [6, 6.07) is 0. The summed E-state index contributed by atoms with van der Waals surface area (Å²) in [6.07, 6.45) is 45.7. The van der Waals surface area contributed by atoms with Crippen molar-refractivity contribution < 1.29 is 37.6 Å². The van der Waals surface area contributed by atoms with Gasteiger partial charge in [-0.3, -0.25) is 18.6 Å². The summed E-state index contributed by atoms with van der Waals surface area (Å²) in [4.78, 5) is 33.9. The Hall–Kier alpha value is -2.55. The molecule has 0 fully saturated rings. The van der Waals surface area contributed by atoms with E-state index in [1.807, 2.05) is 24.3 Å². The Labute approximate surface area is 322 Å². The van der Waals surface area contributed by atoms with E-state index in [0.717, 1.165) is 64.2 Å². The van der Waals surface area contributed by atoms with Gasteiger partial charge in [0.15, 0.2) is 11.9 Å². The zero-order chi connectivity index (χ0) is 38.9. The van der Waals surface area contributed by atoms with Crippen LogP contribution in [0.1, 0.15) is 155 Å². The van der Waals surface area contributed by atoms with Crippen molar-refractivity contribution in [3.63, 3.8) is 0 Å². The molecular weight excluding hydrogens is 689 g/mol. The molecule has 0 aliphatic heterocycles. The fourth-order valence-corrected chi connectivity index (χ4v) is 5.80. The van der Waals surface area contributed by atoms with Crippen molar-refractivity contribution in [3.8, 4) is 0 Å². The number of ketones is 1. The van der Waals surface area contributed by atoms with Crippen LogP contribution in [0.2, 0.25) is 0 Å². The summed E-state index contributed by atoms with van der Waals surface area (Å²) in [7, 11) is -4.30. The molecule has 53 heavy (non-hydrogen) atoms. The fraction of sp³-hybridized carbons (Fsp3) is 0.674. The highest BCUT2D eigenvalue weighted by atomic mass is 31.2. The topological polar surface area (TPSA) is 134 Å². The number of nitrogens with two attached hydrogens (primary N) is 1. The fourth-order valence-electron chi connectivity index (χ4n) is 5.04. The van der Waals surface area contributed by atoms with Crippen LogP contribution in [0, 0.1) is 0 Å². The van der Waals surface area contributed by atoms with E-state index in [2.05, 4.69) is 44.2 Å². The lowest BCUT2D eigenvalue weighted by molar-refractivity contribution is -0.147. The predicted octanol–water partition coefficient (Wildman–Crippen LogP) is 11.5. The molecule has 0 heterocycles. The lowest BCUT2D eigenvalue weighted by atomic mass is 10.1. The molecule has 9 nitrogen and oxygen atoms in total. The Morgan fingerprint density at radius 3 is 1.89 bits per heavy atom. The molecule has 0 aromatic rings. The van der Waals surface area contributed by atoms with E-state index in [-0.39, 0.29) is 44.5 Å². The predicted molar refractivity (Wildman–Crippen MR) is 219 cm³/mol. The van der Waals surface area contributed by atoms with Crippen molar-refractivity contribution in [2.24, 2.45) is 5.73 Å². The van der Waals surface area contributed by atoms with E-state index in [1.54, 1.807) is 18.4 Å². The molecule has 0 amide bonds. The molecule has 10 heteroatoms. The van der Waals surface area contributed by atoms with Crippen molar-refractivity contribution in [3.05, 3.63) is 73.1 Å². The lowest BCUT2D eigenvalue weighted by Crippen LogP contribution is -2.25. The number of phosphoric acid groups is 1. The van der Waals surface area contributed by atoms with Crippen molar-refractivity contribution in [1.82, 2.24) is 0 Å². The minimum Gasteiger partial charge on any atom is -0.492 e. The highest BCUT2D eigenvalue weighted by Crippen LogP contribution is 2.43. The first kappa shape index (κ1) is 50.5. The van der Waals surface area contributed by atoms with E-state index in [1.165, 1.54) is 57.8 Å². The molecule has 2 atom stereocenters. The first-order valence-electron chi connectivity index (χ1n) is 20.4. The van der Waals surface area contributed by atoms with Gasteiger partial charge in [0.25, 0.3) is 0 Å². The number of hydrogen-bond donors (Lipinski definition) is 2. The summed E-state index contributed by atoms with van der Waals surface area (Å²) >= 11 is 0. The average molecular weight is 764 g/mol. The van der Waals surface area contributed by atoms with Crippen LogP contribution in [0.25, 0.3) is 0 Å². The Bertz CT molecular complexity index is 1100. The molecule has 0 rings (SSSR count). The summed E-state index contributed by atoms with van der Waals surface area (Å²) in [5.74, 6) is -0.194. The van der Waals surface area contributed by atoms with E-state index in [4.69, 9.17) is 24.3 Å². The van der Waals surface area contributed by atoms with Gasteiger partial charge in [-0.15, -0.1) is 0 Å². The number of ether oxygens (including phenoxy) is 2. The van der Waals surface area contributed by atoms with E-state index >= 15 is 0 Å². The van der Waals surface area contributed by atoms with Crippen molar-refractivity contribution in [1.29, 1.82) is 0 Å². The van der Waals surface area contributed by atoms with Gasteiger partial charge in [-0.05, 0) is 82.8 Å². The van der Waals surface area contributed by atoms with Gasteiger partial charge in [0.05, 0.1) is 19.5 Å². The van der Waals surface area contributed by atoms with Crippen LogP contribution in [-0.4, -0.2) is 49.1 Å². The third kappa shape index (κ3) is 39.0. The molecule has 0 aromatic carbocycles. The lowest BCUT2D eigenvalue weighted by Gasteiger charge is -2.19. The monoisotopic (exact) mass is 764 g/mol. The van der Waals surface area contributed by atoms with Crippen LogP contribution in [0.3, 0.4) is 0 Å². The average Bonchev–Trinajstić information content (AvgIpc) is 3.14. The quantitative estimate of drug-likeness (QED) is 0.0120. The minimum absolute atomic E-state index is 0.0792. The zero-order valence-electron chi connectivity index (χ0n) is 33.2. The Morgan fingerprint density at radius 2 is 1.21 bits per heavy atom. The van der Waals surface area contributed by atoms with Crippen LogP contribution < -0.4 is 5.73 Å². The molecule has 0 bridgehead atoms. The largest absolute Gasteiger partial charge is 0.492 e. The number of esters is 1. The van der Waals surface area contributed by atoms with Crippen molar-refractivity contribution in [2.75, 3.05) is 26.4 Å². The number of carbonyl (C=O) groups is 2. The number of carbonyl (C=O) groups excluding carboxylic acids is 2. The summed E-state index contributed by atoms with van der Waals surface area (Å²) in [5.41, 5.74) is 5.35. The standard InChI is InChI=1S/C43H74NO8P/c1-3-5-7-8-9-10-11-12-13-14-15-19-22-25-28-32-37-49-42(40-52-53(47,48)51-38-36-44)39-50-43(46)35-31-27-24-21-18-16-17-20-23-26-30-34-41(45)33-29-6-4-2/h12-13,16-17,21,23-24,26,30,32,34,37,42H,3-11,14-15,18-20,22,25,27-29,31,33,35-36,38-40,44H2,1-2H3,(H,47,48)/b13-12-,17-16-,24-21-,26-23-,34-30+,37-32+/t42-/m1/s1. The second-order valence-electron chi connectivity index (χ2n) is 13.2. The van der Waals surface area contributed by atoms with Gasteiger partial charge in [0.2, 0.25) is 0 Å². The molecule has 0 spiro atoms. The second-order valence-corrected chi connectivity index (χ2v) is 14.7.